The van der Waals surface area contributed by atoms with Crippen molar-refractivity contribution in [3.8, 4) is 11.5 Å². The molecule has 1 fully saturated rings. The number of aliphatic hydroxyl groups is 3. The maximum absolute atomic E-state index is 14.0. The molecule has 4 atom stereocenters. The van der Waals surface area contributed by atoms with Crippen LogP contribution in [-0.2, 0) is 25.5 Å². The van der Waals surface area contributed by atoms with Gasteiger partial charge in [0.05, 0.1) is 30.6 Å². The fourth-order valence-corrected chi connectivity index (χ4v) is 7.19. The molecule has 238 valence electrons. The molecule has 0 radical (unpaired) electrons. The number of nitrogens with zero attached hydrogens (tertiary/aromatic N) is 1. The number of unbranched alkanes of at least 4 members (excludes halogenated alkanes) is 1. The minimum atomic E-state index is -2.11. The number of carbonyl (C=O) groups excluding carboxylic acids is 2. The summed E-state index contributed by atoms with van der Waals surface area (Å²) >= 11 is 0. The summed E-state index contributed by atoms with van der Waals surface area (Å²) in [6.07, 6.45) is 5.11. The number of hydrogen-bond acceptors (Lipinski definition) is 10. The summed E-state index contributed by atoms with van der Waals surface area (Å²) < 4.78 is 23.5. The molecule has 1 aromatic carbocycles. The van der Waals surface area contributed by atoms with Crippen molar-refractivity contribution in [1.29, 1.82) is 0 Å². The number of amides is 1. The lowest BCUT2D eigenvalue weighted by Crippen LogP contribution is -2.50. The third kappa shape index (κ3) is 6.50. The Balaban J connectivity index is 1.44. The Kier molecular flexibility index (Phi) is 9.27. The summed E-state index contributed by atoms with van der Waals surface area (Å²) in [5.41, 5.74) is -1.44. The second-order valence-electron chi connectivity index (χ2n) is 12.9. The Morgan fingerprint density at radius 2 is 1.88 bits per heavy atom. The number of hydrogen-bond donors (Lipinski definition) is 4. The smallest absolute Gasteiger partial charge is 0.339 e. The van der Waals surface area contributed by atoms with Crippen LogP contribution in [0.5, 0.6) is 11.5 Å². The Labute approximate surface area is 253 Å². The van der Waals surface area contributed by atoms with Gasteiger partial charge in [0.25, 0.3) is 0 Å². The van der Waals surface area contributed by atoms with Gasteiger partial charge < -0.3 is 39.6 Å². The normalized spacial score (nSPS) is 25.6. The van der Waals surface area contributed by atoms with E-state index in [1.165, 1.54) is 0 Å². The molecule has 3 aliphatic heterocycles. The van der Waals surface area contributed by atoms with E-state index >= 15 is 0 Å². The number of carbonyl (C=O) groups is 2. The van der Waals surface area contributed by atoms with Crippen molar-refractivity contribution in [2.45, 2.75) is 100 Å². The number of rotatable bonds is 13. The highest BCUT2D eigenvalue weighted by Crippen LogP contribution is 2.55. The van der Waals surface area contributed by atoms with Gasteiger partial charge in [0.15, 0.2) is 23.2 Å². The zero-order chi connectivity index (χ0) is 30.8. The van der Waals surface area contributed by atoms with Gasteiger partial charge in [-0.1, -0.05) is 0 Å². The molecule has 0 bridgehead atoms. The summed E-state index contributed by atoms with van der Waals surface area (Å²) in [5, 5.41) is 33.8. The maximum atomic E-state index is 14.0. The molecule has 1 saturated heterocycles. The standard InChI is InChI=1S/C32H46N2O9/c1-30(2,38)9-6-11-32(39,19-26(36)33-12-4-5-15-35)29(37)43-28-25(40-3)18-31-10-7-13-34(31)14-8-21-16-23-24(42-20-41-23)17-22(21)27(28)31/h16-18,27-28,35,38-39H,4-15,19-20H2,1-3H3,(H,33,36)/t27-,28?,31-,32-/m1/s1. The van der Waals surface area contributed by atoms with E-state index in [1.54, 1.807) is 21.0 Å². The molecule has 4 N–H and O–H groups in total. The Bertz CT molecular complexity index is 1230. The van der Waals surface area contributed by atoms with Crippen molar-refractivity contribution >= 4 is 11.9 Å². The molecule has 4 aliphatic rings. The first kappa shape index (κ1) is 31.6. The molecule has 11 heteroatoms. The first-order valence-electron chi connectivity index (χ1n) is 15.5. The van der Waals surface area contributed by atoms with Crippen molar-refractivity contribution < 1.29 is 43.9 Å². The van der Waals surface area contributed by atoms with E-state index in [1.807, 2.05) is 12.1 Å². The number of benzene rings is 1. The average Bonchev–Trinajstić information content (AvgIpc) is 3.64. The lowest BCUT2D eigenvalue weighted by atomic mass is 9.77. The third-order valence-electron chi connectivity index (χ3n) is 9.32. The van der Waals surface area contributed by atoms with Crippen LogP contribution in [0.25, 0.3) is 0 Å². The topological polar surface area (TPSA) is 147 Å². The van der Waals surface area contributed by atoms with E-state index in [9.17, 15) is 19.8 Å². The van der Waals surface area contributed by atoms with Gasteiger partial charge in [0, 0.05) is 19.7 Å². The Hall–Kier alpha value is -2.86. The van der Waals surface area contributed by atoms with Gasteiger partial charge in [-0.05, 0) is 101 Å². The van der Waals surface area contributed by atoms with Gasteiger partial charge in [-0.2, -0.15) is 0 Å². The maximum Gasteiger partial charge on any atom is 0.339 e. The fraction of sp³-hybridized carbons (Fsp3) is 0.688. The van der Waals surface area contributed by atoms with E-state index < -0.39 is 41.1 Å². The summed E-state index contributed by atoms with van der Waals surface area (Å²) in [4.78, 5) is 29.3. The first-order chi connectivity index (χ1) is 20.5. The minimum Gasteiger partial charge on any atom is -0.497 e. The van der Waals surface area contributed by atoms with Crippen LogP contribution >= 0.6 is 0 Å². The van der Waals surface area contributed by atoms with Crippen LogP contribution in [0, 0.1) is 0 Å². The molecule has 11 nitrogen and oxygen atoms in total. The molecular weight excluding hydrogens is 556 g/mol. The van der Waals surface area contributed by atoms with Crippen LogP contribution in [0.1, 0.15) is 82.3 Å². The predicted octanol–water partition coefficient (Wildman–Crippen LogP) is 2.30. The second-order valence-corrected chi connectivity index (χ2v) is 12.9. The van der Waals surface area contributed by atoms with E-state index in [4.69, 9.17) is 24.1 Å². The summed E-state index contributed by atoms with van der Waals surface area (Å²) in [5.74, 6) is 0.178. The first-order valence-corrected chi connectivity index (χ1v) is 15.5. The predicted molar refractivity (Wildman–Crippen MR) is 157 cm³/mol. The van der Waals surface area contributed by atoms with Crippen LogP contribution < -0.4 is 14.8 Å². The molecule has 43 heavy (non-hydrogen) atoms. The minimum absolute atomic E-state index is 0.0188. The molecule has 0 aromatic heterocycles. The lowest BCUT2D eigenvalue weighted by Gasteiger charge is -2.39. The van der Waals surface area contributed by atoms with E-state index in [0.29, 0.717) is 49.5 Å². The van der Waals surface area contributed by atoms with E-state index in [-0.39, 0.29) is 25.7 Å². The van der Waals surface area contributed by atoms with E-state index in [0.717, 1.165) is 43.5 Å². The van der Waals surface area contributed by atoms with Crippen LogP contribution in [0.3, 0.4) is 0 Å². The summed E-state index contributed by atoms with van der Waals surface area (Å²) in [6.45, 7) is 5.55. The molecule has 1 aliphatic carbocycles. The number of aliphatic hydroxyl groups excluding tert-OH is 1. The van der Waals surface area contributed by atoms with Crippen molar-refractivity contribution in [2.75, 3.05) is 40.1 Å². The molecule has 5 rings (SSSR count). The van der Waals surface area contributed by atoms with Crippen molar-refractivity contribution in [3.05, 3.63) is 35.1 Å². The summed E-state index contributed by atoms with van der Waals surface area (Å²) in [7, 11) is 1.56. The second kappa shape index (κ2) is 12.6. The summed E-state index contributed by atoms with van der Waals surface area (Å²) in [6, 6.07) is 4.01. The molecule has 1 spiro atoms. The molecule has 1 amide bonds. The quantitative estimate of drug-likeness (QED) is 0.196. The van der Waals surface area contributed by atoms with Crippen LogP contribution in [0.15, 0.2) is 24.0 Å². The highest BCUT2D eigenvalue weighted by Gasteiger charge is 2.59. The molecule has 1 aromatic rings. The zero-order valence-corrected chi connectivity index (χ0v) is 25.5. The largest absolute Gasteiger partial charge is 0.497 e. The lowest BCUT2D eigenvalue weighted by molar-refractivity contribution is -0.176. The van der Waals surface area contributed by atoms with Gasteiger partial charge in [-0.15, -0.1) is 0 Å². The van der Waals surface area contributed by atoms with Gasteiger partial charge in [-0.25, -0.2) is 4.79 Å². The molecule has 1 unspecified atom stereocenters. The molecular formula is C32H46N2O9. The van der Waals surface area contributed by atoms with Gasteiger partial charge >= 0.3 is 5.97 Å². The van der Waals surface area contributed by atoms with Crippen LogP contribution in [-0.4, -0.2) is 95.1 Å². The van der Waals surface area contributed by atoms with Gasteiger partial charge in [-0.3, -0.25) is 9.69 Å². The number of esters is 1. The highest BCUT2D eigenvalue weighted by molar-refractivity contribution is 5.88. The third-order valence-corrected chi connectivity index (χ3v) is 9.32. The van der Waals surface area contributed by atoms with Crippen molar-refractivity contribution in [3.63, 3.8) is 0 Å². The molecule has 3 heterocycles. The number of fused-ring (bicyclic) bond motifs is 3. The Morgan fingerprint density at radius 1 is 1.12 bits per heavy atom. The van der Waals surface area contributed by atoms with Crippen molar-refractivity contribution in [1.82, 2.24) is 10.2 Å². The number of methoxy groups -OCH3 is 1. The van der Waals surface area contributed by atoms with Crippen molar-refractivity contribution in [2.24, 2.45) is 0 Å². The van der Waals surface area contributed by atoms with E-state index in [2.05, 4.69) is 16.3 Å². The van der Waals surface area contributed by atoms with Crippen LogP contribution in [0.2, 0.25) is 0 Å². The SMILES string of the molecule is COC1=C[C@@]23CCCN2CCc2cc4c(cc2[C@@H]3C1OC(=O)[C@@](O)(CCCC(C)(C)O)CC(=O)NCCCCO)OCO4. The number of ether oxygens (including phenoxy) is 4. The zero-order valence-electron chi connectivity index (χ0n) is 25.5. The Morgan fingerprint density at radius 3 is 2.60 bits per heavy atom. The highest BCUT2D eigenvalue weighted by atomic mass is 16.7. The average molecular weight is 603 g/mol. The van der Waals surface area contributed by atoms with Crippen LogP contribution in [0.4, 0.5) is 0 Å². The fourth-order valence-electron chi connectivity index (χ4n) is 7.19. The van der Waals surface area contributed by atoms with Gasteiger partial charge in [0.1, 0.15) is 5.76 Å². The number of nitrogens with one attached hydrogen (secondary N) is 1. The monoisotopic (exact) mass is 602 g/mol. The van der Waals surface area contributed by atoms with Gasteiger partial charge in [0.2, 0.25) is 12.7 Å². The molecule has 0 saturated carbocycles.